The van der Waals surface area contributed by atoms with Crippen molar-refractivity contribution in [1.82, 2.24) is 0 Å². The van der Waals surface area contributed by atoms with Gasteiger partial charge in [-0.15, -0.1) is 0 Å². The normalized spacial score (nSPS) is 10.4. The van der Waals surface area contributed by atoms with Crippen molar-refractivity contribution in [2.75, 3.05) is 0 Å². The quantitative estimate of drug-likeness (QED) is 0.927. The minimum atomic E-state index is -0.848. The van der Waals surface area contributed by atoms with Gasteiger partial charge in [0.25, 0.3) is 0 Å². The molecule has 18 heavy (non-hydrogen) atoms. The maximum absolute atomic E-state index is 13.6. The fourth-order valence-corrected chi connectivity index (χ4v) is 1.83. The third kappa shape index (κ3) is 2.86. The van der Waals surface area contributed by atoms with Gasteiger partial charge >= 0.3 is 0 Å². The highest BCUT2D eigenvalue weighted by Crippen LogP contribution is 2.29. The van der Waals surface area contributed by atoms with Crippen molar-refractivity contribution >= 4 is 15.9 Å². The molecule has 2 rings (SSSR count). The van der Waals surface area contributed by atoms with Gasteiger partial charge in [-0.1, -0.05) is 22.0 Å². The van der Waals surface area contributed by atoms with E-state index in [0.717, 1.165) is 16.6 Å². The van der Waals surface area contributed by atoms with E-state index in [1.807, 2.05) is 0 Å². The van der Waals surface area contributed by atoms with E-state index in [-0.39, 0.29) is 5.56 Å². The summed E-state index contributed by atoms with van der Waals surface area (Å²) in [4.78, 5) is 0. The van der Waals surface area contributed by atoms with E-state index in [1.54, 1.807) is 24.3 Å². The first-order valence-corrected chi connectivity index (χ1v) is 5.91. The number of rotatable bonds is 3. The molecule has 0 saturated carbocycles. The minimum absolute atomic E-state index is 0.159. The number of ether oxygens (including phenoxy) is 1. The molecule has 0 fully saturated rings. The summed E-state index contributed by atoms with van der Waals surface area (Å²) < 4.78 is 33.1. The second-order valence-corrected chi connectivity index (χ2v) is 4.52. The molecule has 0 aliphatic heterocycles. The topological polar surface area (TPSA) is 29.5 Å². The maximum atomic E-state index is 13.6. The molecular weight excluding hydrogens is 306 g/mol. The predicted octanol–water partition coefficient (Wildman–Crippen LogP) is 4.01. The van der Waals surface area contributed by atoms with Gasteiger partial charge in [-0.05, 0) is 35.9 Å². The molecule has 0 radical (unpaired) electrons. The fourth-order valence-electron chi connectivity index (χ4n) is 1.45. The van der Waals surface area contributed by atoms with Crippen LogP contribution in [0.5, 0.6) is 11.5 Å². The van der Waals surface area contributed by atoms with E-state index >= 15 is 0 Å². The average molecular weight is 315 g/mol. The van der Waals surface area contributed by atoms with Crippen molar-refractivity contribution in [3.05, 3.63) is 58.1 Å². The predicted molar refractivity (Wildman–Crippen MR) is 66.5 cm³/mol. The molecule has 0 aliphatic carbocycles. The van der Waals surface area contributed by atoms with Crippen molar-refractivity contribution in [2.24, 2.45) is 0 Å². The third-order valence-electron chi connectivity index (χ3n) is 2.26. The maximum Gasteiger partial charge on any atom is 0.198 e. The Bertz CT molecular complexity index is 550. The lowest BCUT2D eigenvalue weighted by atomic mass is 10.2. The third-order valence-corrected chi connectivity index (χ3v) is 2.75. The van der Waals surface area contributed by atoms with Gasteiger partial charge < -0.3 is 9.84 Å². The van der Waals surface area contributed by atoms with Crippen molar-refractivity contribution in [3.8, 4) is 11.5 Å². The minimum Gasteiger partial charge on any atom is -0.451 e. The lowest BCUT2D eigenvalue weighted by Crippen LogP contribution is -1.95. The molecule has 0 atom stereocenters. The molecule has 0 bridgehead atoms. The van der Waals surface area contributed by atoms with Crippen LogP contribution in [0.4, 0.5) is 8.78 Å². The molecule has 94 valence electrons. The smallest absolute Gasteiger partial charge is 0.198 e. The lowest BCUT2D eigenvalue weighted by Gasteiger charge is -2.09. The van der Waals surface area contributed by atoms with Crippen LogP contribution < -0.4 is 4.74 Å². The van der Waals surface area contributed by atoms with Crippen LogP contribution in [-0.2, 0) is 6.61 Å². The number of hydrogen-bond acceptors (Lipinski definition) is 2. The zero-order chi connectivity index (χ0) is 13.1. The van der Waals surface area contributed by atoms with Crippen LogP contribution >= 0.6 is 15.9 Å². The van der Waals surface area contributed by atoms with Gasteiger partial charge in [-0.25, -0.2) is 8.78 Å². The monoisotopic (exact) mass is 314 g/mol. The second kappa shape index (κ2) is 5.46. The summed E-state index contributed by atoms with van der Waals surface area (Å²) in [5, 5.41) is 8.82. The number of hydrogen-bond donors (Lipinski definition) is 1. The van der Waals surface area contributed by atoms with Gasteiger partial charge in [0.05, 0.1) is 6.61 Å². The zero-order valence-electron chi connectivity index (χ0n) is 9.16. The number of aliphatic hydroxyl groups is 1. The SMILES string of the molecule is OCc1cc(F)c(Oc2cccc(Br)c2)c(F)c1. The standard InChI is InChI=1S/C13H9BrF2O2/c14-9-2-1-3-10(6-9)18-13-11(15)4-8(7-17)5-12(13)16/h1-6,17H,7H2. The first-order chi connectivity index (χ1) is 8.60. The van der Waals surface area contributed by atoms with Gasteiger partial charge in [0, 0.05) is 4.47 Å². The van der Waals surface area contributed by atoms with Crippen molar-refractivity contribution < 1.29 is 18.6 Å². The first kappa shape index (κ1) is 13.0. The highest BCUT2D eigenvalue weighted by molar-refractivity contribution is 9.10. The highest BCUT2D eigenvalue weighted by atomic mass is 79.9. The molecule has 0 heterocycles. The van der Waals surface area contributed by atoms with E-state index in [9.17, 15) is 8.78 Å². The second-order valence-electron chi connectivity index (χ2n) is 3.61. The van der Waals surface area contributed by atoms with Crippen molar-refractivity contribution in [1.29, 1.82) is 0 Å². The Morgan fingerprint density at radius 2 is 1.78 bits per heavy atom. The summed E-state index contributed by atoms with van der Waals surface area (Å²) in [6, 6.07) is 8.72. The molecule has 2 aromatic rings. The van der Waals surface area contributed by atoms with Crippen LogP contribution in [0.3, 0.4) is 0 Å². The molecule has 5 heteroatoms. The Kier molecular flexibility index (Phi) is 3.93. The molecule has 1 N–H and O–H groups in total. The summed E-state index contributed by atoms with van der Waals surface area (Å²) >= 11 is 3.23. The van der Waals surface area contributed by atoms with Crippen molar-refractivity contribution in [3.63, 3.8) is 0 Å². The fraction of sp³-hybridized carbons (Fsp3) is 0.0769. The molecular formula is C13H9BrF2O2. The van der Waals surface area contributed by atoms with Gasteiger partial charge in [0.15, 0.2) is 17.4 Å². The molecule has 0 aliphatic rings. The molecule has 0 aromatic heterocycles. The molecule has 0 saturated heterocycles. The van der Waals surface area contributed by atoms with Crippen LogP contribution in [0, 0.1) is 11.6 Å². The van der Waals surface area contributed by atoms with Crippen LogP contribution in [0.1, 0.15) is 5.56 Å². The Balaban J connectivity index is 2.35. The Labute approximate surface area is 111 Å². The van der Waals surface area contributed by atoms with Gasteiger partial charge in [-0.3, -0.25) is 0 Å². The molecule has 0 spiro atoms. The number of halogens is 3. The van der Waals surface area contributed by atoms with Crippen molar-refractivity contribution in [2.45, 2.75) is 6.61 Å². The summed E-state index contributed by atoms with van der Waals surface area (Å²) in [6.07, 6.45) is 0. The van der Waals surface area contributed by atoms with E-state index in [4.69, 9.17) is 9.84 Å². The van der Waals surface area contributed by atoms with Gasteiger partial charge in [0.1, 0.15) is 5.75 Å². The van der Waals surface area contributed by atoms with Gasteiger partial charge in [0.2, 0.25) is 0 Å². The first-order valence-electron chi connectivity index (χ1n) is 5.12. The lowest BCUT2D eigenvalue weighted by molar-refractivity contribution is 0.279. The Morgan fingerprint density at radius 3 is 2.33 bits per heavy atom. The Morgan fingerprint density at radius 1 is 1.11 bits per heavy atom. The zero-order valence-corrected chi connectivity index (χ0v) is 10.7. The number of benzene rings is 2. The van der Waals surface area contributed by atoms with E-state index in [0.29, 0.717) is 5.75 Å². The van der Waals surface area contributed by atoms with Gasteiger partial charge in [-0.2, -0.15) is 0 Å². The summed E-state index contributed by atoms with van der Waals surface area (Å²) in [5.41, 5.74) is 0.159. The molecule has 0 amide bonds. The van der Waals surface area contributed by atoms with Crippen LogP contribution in [-0.4, -0.2) is 5.11 Å². The number of aliphatic hydroxyl groups excluding tert-OH is 1. The van der Waals surface area contributed by atoms with Crippen LogP contribution in [0.2, 0.25) is 0 Å². The molecule has 0 unspecified atom stereocenters. The van der Waals surface area contributed by atoms with E-state index in [2.05, 4.69) is 15.9 Å². The summed E-state index contributed by atoms with van der Waals surface area (Å²) in [6.45, 7) is -0.426. The largest absolute Gasteiger partial charge is 0.451 e. The molecule has 2 aromatic carbocycles. The average Bonchev–Trinajstić information content (AvgIpc) is 2.33. The van der Waals surface area contributed by atoms with Crippen LogP contribution in [0.25, 0.3) is 0 Å². The highest BCUT2D eigenvalue weighted by Gasteiger charge is 2.13. The molecule has 2 nitrogen and oxygen atoms in total. The van der Waals surface area contributed by atoms with E-state index < -0.39 is 24.0 Å². The van der Waals surface area contributed by atoms with Crippen LogP contribution in [0.15, 0.2) is 40.9 Å². The summed E-state index contributed by atoms with van der Waals surface area (Å²) in [7, 11) is 0. The van der Waals surface area contributed by atoms with E-state index in [1.165, 1.54) is 0 Å². The Hall–Kier alpha value is -1.46. The summed E-state index contributed by atoms with van der Waals surface area (Å²) in [5.74, 6) is -1.86.